The zero-order valence-corrected chi connectivity index (χ0v) is 24.6. The van der Waals surface area contributed by atoms with Gasteiger partial charge in [0.15, 0.2) is 6.29 Å². The first-order valence-corrected chi connectivity index (χ1v) is 15.9. The van der Waals surface area contributed by atoms with Crippen molar-refractivity contribution in [2.24, 2.45) is 46.3 Å². The molecule has 1 aliphatic heterocycles. The summed E-state index contributed by atoms with van der Waals surface area (Å²) in [5, 5.41) is 20.2. The molecule has 0 radical (unpaired) electrons. The molecule has 37 heavy (non-hydrogen) atoms. The second-order valence-corrected chi connectivity index (χ2v) is 14.9. The van der Waals surface area contributed by atoms with Crippen LogP contribution in [0, 0.1) is 46.3 Å². The first-order valence-electron chi connectivity index (χ1n) is 15.9. The van der Waals surface area contributed by atoms with Gasteiger partial charge < -0.3 is 19.7 Å². The van der Waals surface area contributed by atoms with E-state index >= 15 is 0 Å². The van der Waals surface area contributed by atoms with Gasteiger partial charge in [-0.1, -0.05) is 65.5 Å². The molecule has 3 saturated carbocycles. The molecule has 4 heteroatoms. The highest BCUT2D eigenvalue weighted by Gasteiger charge is 2.59. The lowest BCUT2D eigenvalue weighted by Gasteiger charge is -2.58. The summed E-state index contributed by atoms with van der Waals surface area (Å²) in [6, 6.07) is 0. The Bertz CT molecular complexity index is 811. The van der Waals surface area contributed by atoms with Gasteiger partial charge in [0, 0.05) is 6.42 Å². The molecule has 5 rings (SSSR count). The lowest BCUT2D eigenvalue weighted by atomic mass is 9.47. The third kappa shape index (κ3) is 5.23. The van der Waals surface area contributed by atoms with Crippen molar-refractivity contribution in [1.82, 2.24) is 0 Å². The zero-order valence-electron chi connectivity index (χ0n) is 24.6. The van der Waals surface area contributed by atoms with E-state index in [2.05, 4.69) is 40.7 Å². The summed E-state index contributed by atoms with van der Waals surface area (Å²) < 4.78 is 12.3. The Hall–Kier alpha value is -0.420. The lowest BCUT2D eigenvalue weighted by molar-refractivity contribution is -0.262. The number of rotatable bonds is 7. The van der Waals surface area contributed by atoms with Crippen LogP contribution in [0.15, 0.2) is 11.6 Å². The van der Waals surface area contributed by atoms with E-state index in [0.717, 1.165) is 48.3 Å². The van der Waals surface area contributed by atoms with Crippen molar-refractivity contribution < 1.29 is 19.7 Å². The van der Waals surface area contributed by atoms with Crippen LogP contribution in [0.5, 0.6) is 0 Å². The van der Waals surface area contributed by atoms with Crippen molar-refractivity contribution >= 4 is 0 Å². The molecular formula is C33H56O4. The van der Waals surface area contributed by atoms with Crippen molar-refractivity contribution in [3.8, 4) is 0 Å². The summed E-state index contributed by atoms with van der Waals surface area (Å²) in [7, 11) is 0. The van der Waals surface area contributed by atoms with Crippen molar-refractivity contribution in [2.45, 2.75) is 149 Å². The quantitative estimate of drug-likeness (QED) is 0.349. The molecule has 0 bridgehead atoms. The number of ether oxygens (including phenoxy) is 2. The molecule has 0 spiro atoms. The molecule has 4 aliphatic carbocycles. The van der Waals surface area contributed by atoms with Crippen LogP contribution in [0.25, 0.3) is 0 Å². The molecular weight excluding hydrogens is 460 g/mol. The molecule has 2 N–H and O–H groups in total. The van der Waals surface area contributed by atoms with Crippen LogP contribution in [-0.2, 0) is 9.47 Å². The third-order valence-electron chi connectivity index (χ3n) is 12.3. The van der Waals surface area contributed by atoms with Crippen LogP contribution in [0.1, 0.15) is 119 Å². The Kier molecular flexibility index (Phi) is 8.26. The average Bonchev–Trinajstić information content (AvgIpc) is 3.20. The van der Waals surface area contributed by atoms with E-state index in [-0.39, 0.29) is 12.2 Å². The molecule has 4 fully saturated rings. The Labute approximate surface area is 227 Å². The Morgan fingerprint density at radius 2 is 1.81 bits per heavy atom. The average molecular weight is 517 g/mol. The Morgan fingerprint density at radius 3 is 2.54 bits per heavy atom. The second kappa shape index (κ2) is 10.9. The number of fused-ring (bicyclic) bond motifs is 5. The van der Waals surface area contributed by atoms with E-state index in [9.17, 15) is 10.2 Å². The van der Waals surface area contributed by atoms with E-state index in [1.54, 1.807) is 5.57 Å². The molecule has 0 aromatic heterocycles. The maximum atomic E-state index is 10.2. The first-order chi connectivity index (χ1) is 17.5. The van der Waals surface area contributed by atoms with Gasteiger partial charge >= 0.3 is 0 Å². The van der Waals surface area contributed by atoms with Crippen LogP contribution in [0.4, 0.5) is 0 Å². The fourth-order valence-corrected chi connectivity index (χ4v) is 10.1. The maximum absolute atomic E-state index is 10.2. The van der Waals surface area contributed by atoms with Crippen molar-refractivity contribution in [1.29, 1.82) is 0 Å². The minimum atomic E-state index is -0.817. The second-order valence-electron chi connectivity index (χ2n) is 14.9. The van der Waals surface area contributed by atoms with Crippen LogP contribution in [0.2, 0.25) is 0 Å². The lowest BCUT2D eigenvalue weighted by Crippen LogP contribution is -2.52. The summed E-state index contributed by atoms with van der Waals surface area (Å²) in [5.41, 5.74) is 2.50. The molecule has 1 heterocycles. The zero-order chi connectivity index (χ0) is 26.5. The monoisotopic (exact) mass is 516 g/mol. The molecule has 0 aromatic rings. The molecule has 212 valence electrons. The van der Waals surface area contributed by atoms with Crippen LogP contribution in [0.3, 0.4) is 0 Å². The number of hydrogen-bond donors (Lipinski definition) is 2. The molecule has 1 saturated heterocycles. The Morgan fingerprint density at radius 1 is 1.03 bits per heavy atom. The molecule has 12 atom stereocenters. The summed E-state index contributed by atoms with van der Waals surface area (Å²) in [5.74, 6) is 5.20. The smallest absolute Gasteiger partial charge is 0.161 e. The van der Waals surface area contributed by atoms with Crippen LogP contribution < -0.4 is 0 Å². The van der Waals surface area contributed by atoms with Gasteiger partial charge in [-0.05, 0) is 105 Å². The topological polar surface area (TPSA) is 58.9 Å². The van der Waals surface area contributed by atoms with Crippen molar-refractivity contribution in [3.05, 3.63) is 11.6 Å². The number of allylic oxidation sites excluding steroid dienone is 1. The van der Waals surface area contributed by atoms with Gasteiger partial charge in [0.1, 0.15) is 6.10 Å². The van der Waals surface area contributed by atoms with Crippen molar-refractivity contribution in [2.75, 3.05) is 0 Å². The highest BCUT2D eigenvalue weighted by Crippen LogP contribution is 2.67. The van der Waals surface area contributed by atoms with Crippen molar-refractivity contribution in [3.63, 3.8) is 0 Å². The summed E-state index contributed by atoms with van der Waals surface area (Å²) in [6.07, 6.45) is 15.3. The molecule has 0 amide bonds. The SMILES string of the molecule is CC(C)CCC[C@H](C)[C@@H]1CC[C@@H]2[C@@H]3CC=C4C[C@H](O[C@@H]5C[C@H](O)[C@H](O)[C@@H](C)O5)CC[C@]4(C)[C@H]3CC[C@@]21C. The fraction of sp³-hybridized carbons (Fsp3) is 0.939. The fourth-order valence-electron chi connectivity index (χ4n) is 10.1. The van der Waals surface area contributed by atoms with Gasteiger partial charge in [-0.3, -0.25) is 0 Å². The maximum Gasteiger partial charge on any atom is 0.161 e. The van der Waals surface area contributed by atoms with E-state index < -0.39 is 18.5 Å². The third-order valence-corrected chi connectivity index (χ3v) is 12.3. The van der Waals surface area contributed by atoms with E-state index in [0.29, 0.717) is 17.3 Å². The number of aliphatic hydroxyl groups is 2. The molecule has 0 unspecified atom stereocenters. The van der Waals surface area contributed by atoms with Crippen LogP contribution >= 0.6 is 0 Å². The van der Waals surface area contributed by atoms with Gasteiger partial charge in [-0.25, -0.2) is 0 Å². The highest BCUT2D eigenvalue weighted by molar-refractivity contribution is 5.25. The van der Waals surface area contributed by atoms with Gasteiger partial charge in [0.25, 0.3) is 0 Å². The minimum Gasteiger partial charge on any atom is -0.390 e. The number of aliphatic hydroxyl groups excluding tert-OH is 2. The van der Waals surface area contributed by atoms with E-state index in [1.165, 1.54) is 57.8 Å². The molecule has 4 nitrogen and oxygen atoms in total. The molecule has 5 aliphatic rings. The van der Waals surface area contributed by atoms with E-state index in [1.807, 2.05) is 6.92 Å². The standard InChI is InChI=1S/C33H56O4/c1-20(2)8-7-9-21(3)26-12-13-27-25-11-10-23-18-24(37-30-19-29(34)31(35)22(4)36-30)14-16-32(23,5)28(25)15-17-33(26,27)6/h10,20-22,24-31,34-35H,7-9,11-19H2,1-6H3/t21-,22+,24+,25-,26-,27+,28-,29-,30+,31+,32-,33+/m0/s1. The summed E-state index contributed by atoms with van der Waals surface area (Å²) >= 11 is 0. The van der Waals surface area contributed by atoms with Gasteiger partial charge in [-0.15, -0.1) is 0 Å². The van der Waals surface area contributed by atoms with Gasteiger partial charge in [0.2, 0.25) is 0 Å². The normalized spacial score (nSPS) is 48.7. The summed E-state index contributed by atoms with van der Waals surface area (Å²) in [4.78, 5) is 0. The molecule has 0 aromatic carbocycles. The van der Waals surface area contributed by atoms with E-state index in [4.69, 9.17) is 9.47 Å². The highest BCUT2D eigenvalue weighted by atomic mass is 16.7. The first kappa shape index (κ1) is 28.1. The minimum absolute atomic E-state index is 0.159. The predicted molar refractivity (Wildman–Crippen MR) is 149 cm³/mol. The largest absolute Gasteiger partial charge is 0.390 e. The summed E-state index contributed by atoms with van der Waals surface area (Å²) in [6.45, 7) is 14.4. The van der Waals surface area contributed by atoms with Crippen LogP contribution in [-0.4, -0.2) is 40.9 Å². The van der Waals surface area contributed by atoms with Gasteiger partial charge in [0.05, 0.1) is 18.3 Å². The predicted octanol–water partition coefficient (Wildman–Crippen LogP) is 7.27. The Balaban J connectivity index is 1.23. The number of hydrogen-bond acceptors (Lipinski definition) is 4. The van der Waals surface area contributed by atoms with Gasteiger partial charge in [-0.2, -0.15) is 0 Å².